The minimum atomic E-state index is -0.640. The van der Waals surface area contributed by atoms with E-state index in [2.05, 4.69) is 4.98 Å². The second kappa shape index (κ2) is 4.27. The molecule has 0 bridgehead atoms. The maximum absolute atomic E-state index is 13.5. The van der Waals surface area contributed by atoms with Gasteiger partial charge in [-0.25, -0.2) is 13.8 Å². The molecular formula is C11H10F2N2S. The van der Waals surface area contributed by atoms with Gasteiger partial charge in [0.25, 0.3) is 0 Å². The third kappa shape index (κ3) is 2.10. The second-order valence-corrected chi connectivity index (χ2v) is 4.72. The zero-order chi connectivity index (χ0) is 11.7. The first-order valence-corrected chi connectivity index (χ1v) is 5.52. The average molecular weight is 240 g/mol. The van der Waals surface area contributed by atoms with Gasteiger partial charge >= 0.3 is 0 Å². The van der Waals surface area contributed by atoms with Crippen LogP contribution in [0.2, 0.25) is 0 Å². The van der Waals surface area contributed by atoms with E-state index in [1.807, 2.05) is 6.92 Å². The number of nitrogens with zero attached hydrogens (tertiary/aromatic N) is 1. The van der Waals surface area contributed by atoms with E-state index in [-0.39, 0.29) is 5.56 Å². The smallest absolute Gasteiger partial charge is 0.131 e. The van der Waals surface area contributed by atoms with Gasteiger partial charge in [-0.3, -0.25) is 0 Å². The van der Waals surface area contributed by atoms with E-state index >= 15 is 0 Å². The van der Waals surface area contributed by atoms with Gasteiger partial charge in [-0.1, -0.05) is 6.07 Å². The molecular weight excluding hydrogens is 230 g/mol. The SMILES string of the molecule is Cc1cnc(C(N)c2ccc(F)cc2F)s1. The fourth-order valence-corrected chi connectivity index (χ4v) is 2.20. The molecule has 1 heterocycles. The van der Waals surface area contributed by atoms with Gasteiger partial charge in [-0.2, -0.15) is 0 Å². The molecule has 0 aliphatic heterocycles. The summed E-state index contributed by atoms with van der Waals surface area (Å²) in [7, 11) is 0. The van der Waals surface area contributed by atoms with Gasteiger partial charge in [-0.05, 0) is 13.0 Å². The Morgan fingerprint density at radius 2 is 2.12 bits per heavy atom. The molecule has 1 unspecified atom stereocenters. The molecule has 1 aromatic heterocycles. The van der Waals surface area contributed by atoms with Crippen LogP contribution in [0, 0.1) is 18.6 Å². The Morgan fingerprint density at radius 3 is 2.69 bits per heavy atom. The van der Waals surface area contributed by atoms with Crippen molar-refractivity contribution in [2.45, 2.75) is 13.0 Å². The number of nitrogens with two attached hydrogens (primary N) is 1. The summed E-state index contributed by atoms with van der Waals surface area (Å²) < 4.78 is 26.2. The Hall–Kier alpha value is -1.33. The Morgan fingerprint density at radius 1 is 1.38 bits per heavy atom. The van der Waals surface area contributed by atoms with E-state index in [4.69, 9.17) is 5.73 Å². The van der Waals surface area contributed by atoms with E-state index in [9.17, 15) is 8.78 Å². The summed E-state index contributed by atoms with van der Waals surface area (Å²) in [6, 6.07) is 2.74. The van der Waals surface area contributed by atoms with Gasteiger partial charge in [0.1, 0.15) is 16.6 Å². The molecule has 0 aliphatic carbocycles. The van der Waals surface area contributed by atoms with Crippen molar-refractivity contribution in [1.29, 1.82) is 0 Å². The fourth-order valence-electron chi connectivity index (χ4n) is 1.40. The quantitative estimate of drug-likeness (QED) is 0.876. The topological polar surface area (TPSA) is 38.9 Å². The van der Waals surface area contributed by atoms with Crippen LogP contribution in [0.25, 0.3) is 0 Å². The summed E-state index contributed by atoms with van der Waals surface area (Å²) in [5, 5.41) is 0.628. The number of halogens is 2. The molecule has 2 N–H and O–H groups in total. The molecule has 1 atom stereocenters. The molecule has 0 aliphatic rings. The summed E-state index contributed by atoms with van der Waals surface area (Å²) in [6.45, 7) is 1.90. The average Bonchev–Trinajstić information content (AvgIpc) is 2.64. The van der Waals surface area contributed by atoms with Crippen LogP contribution < -0.4 is 5.73 Å². The summed E-state index contributed by atoms with van der Waals surface area (Å²) in [5.41, 5.74) is 6.13. The highest BCUT2D eigenvalue weighted by atomic mass is 32.1. The van der Waals surface area contributed by atoms with Crippen LogP contribution in [0.15, 0.2) is 24.4 Å². The van der Waals surface area contributed by atoms with Crippen molar-refractivity contribution >= 4 is 11.3 Å². The van der Waals surface area contributed by atoms with Crippen molar-refractivity contribution in [1.82, 2.24) is 4.98 Å². The first-order valence-electron chi connectivity index (χ1n) is 4.71. The molecule has 2 nitrogen and oxygen atoms in total. The monoisotopic (exact) mass is 240 g/mol. The van der Waals surface area contributed by atoms with Crippen molar-refractivity contribution in [3.63, 3.8) is 0 Å². The van der Waals surface area contributed by atoms with Crippen LogP contribution in [0.3, 0.4) is 0 Å². The third-order valence-corrected chi connectivity index (χ3v) is 3.20. The molecule has 0 saturated heterocycles. The number of benzene rings is 1. The molecule has 2 rings (SSSR count). The lowest BCUT2D eigenvalue weighted by atomic mass is 10.1. The Kier molecular flexibility index (Phi) is 2.98. The molecule has 84 valence electrons. The van der Waals surface area contributed by atoms with E-state index in [0.717, 1.165) is 10.9 Å². The normalized spacial score (nSPS) is 12.8. The van der Waals surface area contributed by atoms with Gasteiger partial charge in [0.15, 0.2) is 0 Å². The molecule has 0 radical (unpaired) electrons. The first kappa shape index (κ1) is 11.2. The highest BCUT2D eigenvalue weighted by Crippen LogP contribution is 2.25. The van der Waals surface area contributed by atoms with E-state index in [1.165, 1.54) is 23.5 Å². The maximum Gasteiger partial charge on any atom is 0.131 e. The highest BCUT2D eigenvalue weighted by Gasteiger charge is 2.16. The van der Waals surface area contributed by atoms with Crippen LogP contribution in [0.5, 0.6) is 0 Å². The van der Waals surface area contributed by atoms with Crippen LogP contribution in [-0.2, 0) is 0 Å². The first-order chi connectivity index (χ1) is 7.58. The number of hydrogen-bond acceptors (Lipinski definition) is 3. The molecule has 16 heavy (non-hydrogen) atoms. The summed E-state index contributed by atoms with van der Waals surface area (Å²) in [6.07, 6.45) is 1.68. The predicted octanol–water partition coefficient (Wildman–Crippen LogP) is 2.78. The standard InChI is InChI=1S/C11H10F2N2S/c1-6-5-15-11(16-6)10(14)8-3-2-7(12)4-9(8)13/h2-5,10H,14H2,1H3. The van der Waals surface area contributed by atoms with Crippen LogP contribution in [-0.4, -0.2) is 4.98 Å². The van der Waals surface area contributed by atoms with E-state index in [1.54, 1.807) is 6.20 Å². The molecule has 5 heteroatoms. The molecule has 0 amide bonds. The van der Waals surface area contributed by atoms with Gasteiger partial charge in [0.05, 0.1) is 6.04 Å². The molecule has 1 aromatic carbocycles. The molecule has 0 saturated carbocycles. The van der Waals surface area contributed by atoms with Crippen LogP contribution in [0.1, 0.15) is 21.5 Å². The third-order valence-electron chi connectivity index (χ3n) is 2.20. The van der Waals surface area contributed by atoms with Crippen LogP contribution >= 0.6 is 11.3 Å². The van der Waals surface area contributed by atoms with Crippen molar-refractivity contribution < 1.29 is 8.78 Å². The zero-order valence-corrected chi connectivity index (χ0v) is 9.39. The minimum Gasteiger partial charge on any atom is -0.318 e. The lowest BCUT2D eigenvalue weighted by Gasteiger charge is -2.09. The van der Waals surface area contributed by atoms with Gasteiger partial charge in [0.2, 0.25) is 0 Å². The van der Waals surface area contributed by atoms with E-state index < -0.39 is 17.7 Å². The predicted molar refractivity (Wildman–Crippen MR) is 59.2 cm³/mol. The lowest BCUT2D eigenvalue weighted by molar-refractivity contribution is 0.565. The Bertz CT molecular complexity index is 510. The Labute approximate surface area is 95.7 Å². The van der Waals surface area contributed by atoms with Gasteiger partial charge in [-0.15, -0.1) is 11.3 Å². The molecule has 0 fully saturated rings. The second-order valence-electron chi connectivity index (χ2n) is 3.45. The number of hydrogen-bond donors (Lipinski definition) is 1. The number of aromatic nitrogens is 1. The summed E-state index contributed by atoms with van der Waals surface area (Å²) >= 11 is 1.41. The van der Waals surface area contributed by atoms with Crippen molar-refractivity contribution in [2.75, 3.05) is 0 Å². The van der Waals surface area contributed by atoms with Gasteiger partial charge < -0.3 is 5.73 Å². The summed E-state index contributed by atoms with van der Waals surface area (Å²) in [4.78, 5) is 5.10. The fraction of sp³-hybridized carbons (Fsp3) is 0.182. The number of rotatable bonds is 2. The largest absolute Gasteiger partial charge is 0.318 e. The zero-order valence-electron chi connectivity index (χ0n) is 8.58. The lowest BCUT2D eigenvalue weighted by Crippen LogP contribution is -2.13. The van der Waals surface area contributed by atoms with Crippen molar-refractivity contribution in [3.05, 3.63) is 51.5 Å². The van der Waals surface area contributed by atoms with Gasteiger partial charge in [0, 0.05) is 22.7 Å². The highest BCUT2D eigenvalue weighted by molar-refractivity contribution is 7.11. The molecule has 2 aromatic rings. The number of aryl methyl sites for hydroxylation is 1. The minimum absolute atomic E-state index is 0.260. The summed E-state index contributed by atoms with van der Waals surface area (Å²) in [5.74, 6) is -1.25. The van der Waals surface area contributed by atoms with Crippen molar-refractivity contribution in [2.24, 2.45) is 5.73 Å². The Balaban J connectivity index is 2.37. The number of thiazole rings is 1. The van der Waals surface area contributed by atoms with E-state index in [0.29, 0.717) is 5.01 Å². The van der Waals surface area contributed by atoms with Crippen LogP contribution in [0.4, 0.5) is 8.78 Å². The van der Waals surface area contributed by atoms with Crippen molar-refractivity contribution in [3.8, 4) is 0 Å². The maximum atomic E-state index is 13.5. The molecule has 0 spiro atoms.